The summed E-state index contributed by atoms with van der Waals surface area (Å²) in [4.78, 5) is -0.198. The second kappa shape index (κ2) is 6.37. The van der Waals surface area contributed by atoms with Crippen molar-refractivity contribution in [3.63, 3.8) is 0 Å². The molecule has 0 aliphatic carbocycles. The standard InChI is InChI=1S/C10H14BrFN2O4S2/c1-19(15,16)4-2-3-14-20(17,18)10-6-9(13)8(12)5-7(10)11/h5-6,14H,2-4,13H2,1H3. The smallest absolute Gasteiger partial charge is 0.241 e. The van der Waals surface area contributed by atoms with Crippen LogP contribution in [0.1, 0.15) is 6.42 Å². The van der Waals surface area contributed by atoms with Gasteiger partial charge in [-0.15, -0.1) is 0 Å². The molecule has 1 aromatic carbocycles. The summed E-state index contributed by atoms with van der Waals surface area (Å²) in [5.41, 5.74) is 5.04. The number of rotatable bonds is 6. The fourth-order valence-corrected chi connectivity index (χ4v) is 4.16. The summed E-state index contributed by atoms with van der Waals surface area (Å²) in [6.07, 6.45) is 1.21. The first-order chi connectivity index (χ1) is 9.03. The Bertz CT molecular complexity index is 704. The molecule has 20 heavy (non-hydrogen) atoms. The minimum atomic E-state index is -3.89. The van der Waals surface area contributed by atoms with Gasteiger partial charge in [0, 0.05) is 17.3 Å². The van der Waals surface area contributed by atoms with Crippen LogP contribution in [0.5, 0.6) is 0 Å². The quantitative estimate of drug-likeness (QED) is 0.555. The Hall–Kier alpha value is -0.710. The fraction of sp³-hybridized carbons (Fsp3) is 0.400. The average molecular weight is 389 g/mol. The van der Waals surface area contributed by atoms with Crippen LogP contribution in [0.25, 0.3) is 0 Å². The second-order valence-electron chi connectivity index (χ2n) is 4.19. The van der Waals surface area contributed by atoms with Crippen molar-refractivity contribution in [1.29, 1.82) is 0 Å². The second-order valence-corrected chi connectivity index (χ2v) is 9.03. The number of anilines is 1. The molecule has 10 heteroatoms. The van der Waals surface area contributed by atoms with E-state index >= 15 is 0 Å². The van der Waals surface area contributed by atoms with Gasteiger partial charge in [0.05, 0.1) is 16.3 Å². The van der Waals surface area contributed by atoms with Gasteiger partial charge in [-0.25, -0.2) is 25.9 Å². The summed E-state index contributed by atoms with van der Waals surface area (Å²) in [6.45, 7) is -0.0425. The van der Waals surface area contributed by atoms with Gasteiger partial charge in [0.1, 0.15) is 15.7 Å². The van der Waals surface area contributed by atoms with E-state index in [0.717, 1.165) is 18.4 Å². The maximum absolute atomic E-state index is 13.1. The Kier molecular flexibility index (Phi) is 5.53. The summed E-state index contributed by atoms with van der Waals surface area (Å²) < 4.78 is 61.2. The number of hydrogen-bond acceptors (Lipinski definition) is 5. The van der Waals surface area contributed by atoms with Gasteiger partial charge >= 0.3 is 0 Å². The molecule has 0 fully saturated rings. The molecule has 1 rings (SSSR count). The van der Waals surface area contributed by atoms with Crippen molar-refractivity contribution in [2.75, 3.05) is 24.3 Å². The number of sulfone groups is 1. The lowest BCUT2D eigenvalue weighted by molar-refractivity contribution is 0.576. The summed E-state index contributed by atoms with van der Waals surface area (Å²) in [7, 11) is -7.03. The molecule has 114 valence electrons. The first kappa shape index (κ1) is 17.3. The lowest BCUT2D eigenvalue weighted by atomic mass is 10.3. The number of sulfonamides is 1. The largest absolute Gasteiger partial charge is 0.396 e. The molecule has 0 spiro atoms. The third-order valence-electron chi connectivity index (χ3n) is 2.32. The van der Waals surface area contributed by atoms with Gasteiger partial charge < -0.3 is 5.73 Å². The number of nitrogen functional groups attached to an aromatic ring is 1. The molecule has 6 nitrogen and oxygen atoms in total. The summed E-state index contributed by atoms with van der Waals surface area (Å²) in [6, 6.07) is 1.96. The third-order valence-corrected chi connectivity index (χ3v) is 5.77. The van der Waals surface area contributed by atoms with Gasteiger partial charge in [-0.3, -0.25) is 0 Å². The first-order valence-electron chi connectivity index (χ1n) is 5.45. The summed E-state index contributed by atoms with van der Waals surface area (Å²) in [5, 5.41) is 0. The molecule has 0 radical (unpaired) electrons. The highest BCUT2D eigenvalue weighted by Gasteiger charge is 2.19. The highest BCUT2D eigenvalue weighted by molar-refractivity contribution is 9.10. The van der Waals surface area contributed by atoms with Crippen molar-refractivity contribution in [1.82, 2.24) is 4.72 Å². The monoisotopic (exact) mass is 388 g/mol. The number of nitrogens with one attached hydrogen (secondary N) is 1. The predicted octanol–water partition coefficient (Wildman–Crippen LogP) is 0.883. The topological polar surface area (TPSA) is 106 Å². The number of benzene rings is 1. The number of nitrogens with two attached hydrogens (primary N) is 1. The van der Waals surface area contributed by atoms with Crippen molar-refractivity contribution in [3.05, 3.63) is 22.4 Å². The normalized spacial score (nSPS) is 12.6. The molecule has 0 aromatic heterocycles. The lowest BCUT2D eigenvalue weighted by Gasteiger charge is -2.09. The van der Waals surface area contributed by atoms with Crippen LogP contribution in [0, 0.1) is 5.82 Å². The maximum Gasteiger partial charge on any atom is 0.241 e. The molecule has 0 saturated carbocycles. The lowest BCUT2D eigenvalue weighted by Crippen LogP contribution is -2.26. The Labute approximate surface area is 125 Å². The Balaban J connectivity index is 2.82. The van der Waals surface area contributed by atoms with Crippen LogP contribution in [0.2, 0.25) is 0 Å². The highest BCUT2D eigenvalue weighted by Crippen LogP contribution is 2.26. The molecule has 1 aromatic rings. The molecule has 0 bridgehead atoms. The van der Waals surface area contributed by atoms with Crippen molar-refractivity contribution < 1.29 is 21.2 Å². The van der Waals surface area contributed by atoms with Crippen molar-refractivity contribution in [2.45, 2.75) is 11.3 Å². The van der Waals surface area contributed by atoms with E-state index in [2.05, 4.69) is 20.7 Å². The molecule has 0 unspecified atom stereocenters. The number of halogens is 2. The van der Waals surface area contributed by atoms with E-state index in [9.17, 15) is 21.2 Å². The SMILES string of the molecule is CS(=O)(=O)CCCNS(=O)(=O)c1cc(N)c(F)cc1Br. The van der Waals surface area contributed by atoms with E-state index in [1.807, 2.05) is 0 Å². The van der Waals surface area contributed by atoms with Gasteiger partial charge in [-0.1, -0.05) is 0 Å². The molecule has 0 heterocycles. The Morgan fingerprint density at radius 3 is 2.45 bits per heavy atom. The summed E-state index contributed by atoms with van der Waals surface area (Å²) >= 11 is 2.95. The van der Waals surface area contributed by atoms with Gasteiger partial charge in [-0.2, -0.15) is 0 Å². The Morgan fingerprint density at radius 1 is 1.30 bits per heavy atom. The molecule has 0 saturated heterocycles. The van der Waals surface area contributed by atoms with Crippen LogP contribution in [0.3, 0.4) is 0 Å². The van der Waals surface area contributed by atoms with Crippen LogP contribution >= 0.6 is 15.9 Å². The average Bonchev–Trinajstić information content (AvgIpc) is 2.28. The van der Waals surface area contributed by atoms with Gasteiger partial charge in [0.15, 0.2) is 0 Å². The van der Waals surface area contributed by atoms with E-state index in [4.69, 9.17) is 5.73 Å². The molecule has 0 aliphatic heterocycles. The minimum Gasteiger partial charge on any atom is -0.396 e. The van der Waals surface area contributed by atoms with Crippen molar-refractivity contribution >= 4 is 41.5 Å². The molecule has 0 aliphatic rings. The van der Waals surface area contributed by atoms with Crippen LogP contribution < -0.4 is 10.5 Å². The molecular formula is C10H14BrFN2O4S2. The van der Waals surface area contributed by atoms with E-state index in [1.54, 1.807) is 0 Å². The van der Waals surface area contributed by atoms with E-state index in [-0.39, 0.29) is 33.8 Å². The fourth-order valence-electron chi connectivity index (χ4n) is 1.37. The van der Waals surface area contributed by atoms with Crippen LogP contribution in [-0.2, 0) is 19.9 Å². The van der Waals surface area contributed by atoms with Crippen LogP contribution in [0.15, 0.2) is 21.5 Å². The Morgan fingerprint density at radius 2 is 1.90 bits per heavy atom. The van der Waals surface area contributed by atoms with Gasteiger partial charge in [-0.05, 0) is 34.5 Å². The zero-order valence-electron chi connectivity index (χ0n) is 10.6. The van der Waals surface area contributed by atoms with Crippen molar-refractivity contribution in [2.24, 2.45) is 0 Å². The van der Waals surface area contributed by atoms with Crippen LogP contribution in [0.4, 0.5) is 10.1 Å². The predicted molar refractivity (Wildman–Crippen MR) is 78.0 cm³/mol. The molecule has 0 atom stereocenters. The molecular weight excluding hydrogens is 375 g/mol. The first-order valence-corrected chi connectivity index (χ1v) is 9.78. The molecule has 0 amide bonds. The number of hydrogen-bond donors (Lipinski definition) is 2. The zero-order chi connectivity index (χ0) is 15.6. The highest BCUT2D eigenvalue weighted by atomic mass is 79.9. The van der Waals surface area contributed by atoms with E-state index < -0.39 is 25.7 Å². The third kappa shape index (κ3) is 5.00. The zero-order valence-corrected chi connectivity index (χ0v) is 13.8. The maximum atomic E-state index is 13.1. The minimum absolute atomic E-state index is 0.0415. The van der Waals surface area contributed by atoms with Gasteiger partial charge in [0.2, 0.25) is 10.0 Å². The van der Waals surface area contributed by atoms with E-state index in [0.29, 0.717) is 0 Å². The van der Waals surface area contributed by atoms with Crippen molar-refractivity contribution in [3.8, 4) is 0 Å². The van der Waals surface area contributed by atoms with Crippen LogP contribution in [-0.4, -0.2) is 35.4 Å². The van der Waals surface area contributed by atoms with Gasteiger partial charge in [0.25, 0.3) is 0 Å². The molecule has 3 N–H and O–H groups in total. The van der Waals surface area contributed by atoms with E-state index in [1.165, 1.54) is 0 Å². The summed E-state index contributed by atoms with van der Waals surface area (Å²) in [5.74, 6) is -0.852.